The molecule has 33 heavy (non-hydrogen) atoms. The molecule has 0 aliphatic carbocycles. The Balaban J connectivity index is 1.37. The summed E-state index contributed by atoms with van der Waals surface area (Å²) in [6.45, 7) is 0.138. The van der Waals surface area contributed by atoms with Gasteiger partial charge in [0.2, 0.25) is 4.96 Å². The summed E-state index contributed by atoms with van der Waals surface area (Å²) in [5.41, 5.74) is 0.233. The van der Waals surface area contributed by atoms with Crippen molar-refractivity contribution in [2.24, 2.45) is 0 Å². The fraction of sp³-hybridized carbons (Fsp3) is 0.0455. The first-order valence-corrected chi connectivity index (χ1v) is 11.2. The molecule has 0 atom stereocenters. The van der Waals surface area contributed by atoms with Crippen molar-refractivity contribution in [2.75, 3.05) is 0 Å². The molecule has 5 rings (SSSR count). The van der Waals surface area contributed by atoms with Crippen LogP contribution in [0.3, 0.4) is 0 Å². The second-order valence-electron chi connectivity index (χ2n) is 6.89. The molecule has 5 aromatic rings. The number of aromatic nitrogens is 3. The first-order valence-electron chi connectivity index (χ1n) is 9.59. The molecule has 0 aliphatic heterocycles. The normalized spacial score (nSPS) is 11.8. The molecule has 0 spiro atoms. The Hall–Kier alpha value is -3.83. The van der Waals surface area contributed by atoms with Crippen LogP contribution in [0, 0.1) is 10.1 Å². The topological polar surface area (TPSA) is 113 Å². The maximum atomic E-state index is 12.7. The molecule has 3 heterocycles. The van der Waals surface area contributed by atoms with E-state index in [2.05, 4.69) is 26.0 Å². The SMILES string of the molecule is O=c1c(=Cc2ccc(-c3cccc([N+](=O)[O-])c3)o2)sc2nc(COc3ccc(Br)cc3)nn12. The first-order chi connectivity index (χ1) is 16.0. The molecule has 0 N–H and O–H groups in total. The number of furan rings is 1. The predicted molar refractivity (Wildman–Crippen MR) is 125 cm³/mol. The minimum atomic E-state index is -0.462. The van der Waals surface area contributed by atoms with Gasteiger partial charge in [-0.05, 0) is 36.4 Å². The third kappa shape index (κ3) is 4.41. The standard InChI is InChI=1S/C22H13BrN4O5S/c23-14-4-6-16(7-5-14)31-12-20-24-22-26(25-20)21(28)19(33-22)11-17-8-9-18(32-17)13-2-1-3-15(10-13)27(29)30/h1-11H,12H2. The monoisotopic (exact) mass is 524 g/mol. The van der Waals surface area contributed by atoms with E-state index >= 15 is 0 Å². The summed E-state index contributed by atoms with van der Waals surface area (Å²) in [4.78, 5) is 28.1. The molecule has 0 saturated carbocycles. The number of non-ortho nitro benzene ring substituents is 1. The number of nitro benzene ring substituents is 1. The molecule has 164 valence electrons. The highest BCUT2D eigenvalue weighted by Crippen LogP contribution is 2.26. The maximum absolute atomic E-state index is 12.7. The van der Waals surface area contributed by atoms with Crippen LogP contribution in [0.1, 0.15) is 11.6 Å². The van der Waals surface area contributed by atoms with Crippen LogP contribution in [0.25, 0.3) is 22.4 Å². The number of halogens is 1. The van der Waals surface area contributed by atoms with Crippen LogP contribution < -0.4 is 14.8 Å². The summed E-state index contributed by atoms with van der Waals surface area (Å²) in [6.07, 6.45) is 1.60. The largest absolute Gasteiger partial charge is 0.486 e. The van der Waals surface area contributed by atoms with E-state index in [9.17, 15) is 14.9 Å². The Kier molecular flexibility index (Phi) is 5.48. The average Bonchev–Trinajstić information content (AvgIpc) is 3.51. The van der Waals surface area contributed by atoms with Crippen molar-refractivity contribution in [1.29, 1.82) is 0 Å². The van der Waals surface area contributed by atoms with Crippen LogP contribution in [0.15, 0.2) is 74.3 Å². The van der Waals surface area contributed by atoms with E-state index < -0.39 is 4.92 Å². The lowest BCUT2D eigenvalue weighted by atomic mass is 10.1. The summed E-state index contributed by atoms with van der Waals surface area (Å²) < 4.78 is 14.0. The molecule has 0 amide bonds. The zero-order valence-corrected chi connectivity index (χ0v) is 19.1. The average molecular weight is 525 g/mol. The van der Waals surface area contributed by atoms with Gasteiger partial charge in [0.05, 0.1) is 4.92 Å². The molecule has 0 radical (unpaired) electrons. The van der Waals surface area contributed by atoms with E-state index in [1.165, 1.54) is 28.0 Å². The van der Waals surface area contributed by atoms with Crippen molar-refractivity contribution < 1.29 is 14.1 Å². The van der Waals surface area contributed by atoms with Gasteiger partial charge in [-0.25, -0.2) is 0 Å². The Bertz CT molecular complexity index is 1590. The fourth-order valence-corrected chi connectivity index (χ4v) is 4.27. The highest BCUT2D eigenvalue weighted by Gasteiger charge is 2.13. The van der Waals surface area contributed by atoms with Crippen molar-refractivity contribution in [3.8, 4) is 17.1 Å². The summed E-state index contributed by atoms with van der Waals surface area (Å²) in [6, 6.07) is 16.9. The third-order valence-electron chi connectivity index (χ3n) is 4.65. The highest BCUT2D eigenvalue weighted by molar-refractivity contribution is 9.10. The quantitative estimate of drug-likeness (QED) is 0.241. The van der Waals surface area contributed by atoms with Crippen LogP contribution in [0.4, 0.5) is 5.69 Å². The predicted octanol–water partition coefficient (Wildman–Crippen LogP) is 4.21. The zero-order valence-electron chi connectivity index (χ0n) is 16.7. The third-order valence-corrected chi connectivity index (χ3v) is 6.14. The zero-order chi connectivity index (χ0) is 22.9. The van der Waals surface area contributed by atoms with Crippen molar-refractivity contribution in [3.63, 3.8) is 0 Å². The van der Waals surface area contributed by atoms with Gasteiger partial charge in [-0.2, -0.15) is 9.50 Å². The first kappa shape index (κ1) is 21.0. The summed E-state index contributed by atoms with van der Waals surface area (Å²) in [5.74, 6) is 1.98. The van der Waals surface area contributed by atoms with Crippen LogP contribution >= 0.6 is 27.3 Å². The van der Waals surface area contributed by atoms with E-state index in [-0.39, 0.29) is 17.9 Å². The number of hydrogen-bond acceptors (Lipinski definition) is 8. The summed E-state index contributed by atoms with van der Waals surface area (Å²) in [7, 11) is 0. The molecule has 0 saturated heterocycles. The second kappa shape index (κ2) is 8.60. The number of fused-ring (bicyclic) bond motifs is 1. The van der Waals surface area contributed by atoms with E-state index in [4.69, 9.17) is 9.15 Å². The number of nitrogens with zero attached hydrogens (tertiary/aromatic N) is 4. The number of ether oxygens (including phenoxy) is 1. The minimum Gasteiger partial charge on any atom is -0.486 e. The van der Waals surface area contributed by atoms with Crippen LogP contribution in [-0.4, -0.2) is 19.5 Å². The number of hydrogen-bond donors (Lipinski definition) is 0. The van der Waals surface area contributed by atoms with Crippen LogP contribution in [0.5, 0.6) is 5.75 Å². The van der Waals surface area contributed by atoms with Crippen molar-refractivity contribution >= 4 is 44.0 Å². The molecule has 0 unspecified atom stereocenters. The van der Waals surface area contributed by atoms with E-state index in [1.807, 2.05) is 24.3 Å². The van der Waals surface area contributed by atoms with Crippen molar-refractivity contribution in [1.82, 2.24) is 14.6 Å². The number of benzene rings is 2. The van der Waals surface area contributed by atoms with E-state index in [0.29, 0.717) is 38.2 Å². The fourth-order valence-electron chi connectivity index (χ4n) is 3.10. The highest BCUT2D eigenvalue weighted by atomic mass is 79.9. The lowest BCUT2D eigenvalue weighted by molar-refractivity contribution is -0.384. The van der Waals surface area contributed by atoms with Crippen LogP contribution in [0.2, 0.25) is 0 Å². The molecule has 9 nitrogen and oxygen atoms in total. The minimum absolute atomic E-state index is 0.0262. The Morgan fingerprint density at radius 3 is 2.76 bits per heavy atom. The van der Waals surface area contributed by atoms with Crippen LogP contribution in [-0.2, 0) is 6.61 Å². The lowest BCUT2D eigenvalue weighted by Gasteiger charge is -2.02. The molecule has 11 heteroatoms. The Morgan fingerprint density at radius 2 is 2.00 bits per heavy atom. The molecule has 3 aromatic heterocycles. The second-order valence-corrected chi connectivity index (χ2v) is 8.82. The van der Waals surface area contributed by atoms with Gasteiger partial charge in [-0.15, -0.1) is 5.10 Å². The van der Waals surface area contributed by atoms with Gasteiger partial charge in [0.25, 0.3) is 11.2 Å². The lowest BCUT2D eigenvalue weighted by Crippen LogP contribution is -2.23. The summed E-state index contributed by atoms with van der Waals surface area (Å²) in [5, 5.41) is 15.2. The van der Waals surface area contributed by atoms with Crippen molar-refractivity contribution in [3.05, 3.63) is 102 Å². The molecule has 0 bridgehead atoms. The number of thiazole rings is 1. The van der Waals surface area contributed by atoms with Gasteiger partial charge in [0.1, 0.15) is 28.4 Å². The van der Waals surface area contributed by atoms with Crippen molar-refractivity contribution in [2.45, 2.75) is 6.61 Å². The molecule has 0 fully saturated rings. The smallest absolute Gasteiger partial charge is 0.291 e. The number of rotatable bonds is 6. The van der Waals surface area contributed by atoms with Gasteiger partial charge in [-0.3, -0.25) is 14.9 Å². The molecular formula is C22H13BrN4O5S. The van der Waals surface area contributed by atoms with Gasteiger partial charge >= 0.3 is 0 Å². The van der Waals surface area contributed by atoms with Gasteiger partial charge in [0.15, 0.2) is 5.82 Å². The molecule has 2 aromatic carbocycles. The summed E-state index contributed by atoms with van der Waals surface area (Å²) >= 11 is 4.55. The molecule has 0 aliphatic rings. The Labute approximate surface area is 197 Å². The Morgan fingerprint density at radius 1 is 1.18 bits per heavy atom. The van der Waals surface area contributed by atoms with Gasteiger partial charge in [0, 0.05) is 28.2 Å². The van der Waals surface area contributed by atoms with E-state index in [0.717, 1.165) is 4.47 Å². The van der Waals surface area contributed by atoms with E-state index in [1.54, 1.807) is 30.3 Å². The number of nitro groups is 1. The van der Waals surface area contributed by atoms with Gasteiger partial charge < -0.3 is 9.15 Å². The van der Waals surface area contributed by atoms with Gasteiger partial charge in [-0.1, -0.05) is 39.4 Å². The maximum Gasteiger partial charge on any atom is 0.291 e. The molecular weight excluding hydrogens is 512 g/mol.